The van der Waals surface area contributed by atoms with Gasteiger partial charge in [0.05, 0.1) is 0 Å². The van der Waals surface area contributed by atoms with Crippen LogP contribution in [0.4, 0.5) is 0 Å². The Labute approximate surface area is 141 Å². The van der Waals surface area contributed by atoms with Gasteiger partial charge in [0.25, 0.3) is 0 Å². The summed E-state index contributed by atoms with van der Waals surface area (Å²) in [6.45, 7) is 12.4. The highest BCUT2D eigenvalue weighted by Crippen LogP contribution is 2.40. The molecule has 1 aliphatic rings. The van der Waals surface area contributed by atoms with E-state index >= 15 is 0 Å². The zero-order valence-electron chi connectivity index (χ0n) is 15.3. The summed E-state index contributed by atoms with van der Waals surface area (Å²) in [7, 11) is 0. The van der Waals surface area contributed by atoms with E-state index in [0.29, 0.717) is 0 Å². The second-order valence-corrected chi connectivity index (χ2v) is 5.61. The van der Waals surface area contributed by atoms with Gasteiger partial charge in [-0.25, -0.2) is 0 Å². The smallest absolute Gasteiger partial charge is 0.00131 e. The van der Waals surface area contributed by atoms with Gasteiger partial charge >= 0.3 is 0 Å². The van der Waals surface area contributed by atoms with Crippen molar-refractivity contribution in [2.75, 3.05) is 0 Å². The molecule has 0 fully saturated rings. The normalized spacial score (nSPS) is 10.9. The zero-order valence-corrected chi connectivity index (χ0v) is 15.3. The van der Waals surface area contributed by atoms with E-state index in [2.05, 4.69) is 62.4 Å². The monoisotopic (exact) mass is 304 g/mol. The van der Waals surface area contributed by atoms with Crippen LogP contribution >= 0.6 is 0 Å². The minimum Gasteiger partial charge on any atom is -0.0683 e. The van der Waals surface area contributed by atoms with Crippen LogP contribution in [0.3, 0.4) is 0 Å². The SMILES string of the molecule is CC.CC.Cc1ccc2c(c1)Cc1cccc3c(C)ccc-2c13. The molecule has 1 aliphatic carbocycles. The number of aryl methyl sites for hydroxylation is 2. The largest absolute Gasteiger partial charge is 0.0683 e. The predicted octanol–water partition coefficient (Wildman–Crippen LogP) is 7.08. The molecular formula is C23H28. The summed E-state index contributed by atoms with van der Waals surface area (Å²) in [4.78, 5) is 0. The number of hydrogen-bond donors (Lipinski definition) is 0. The second kappa shape index (κ2) is 7.46. The van der Waals surface area contributed by atoms with Gasteiger partial charge in [0.1, 0.15) is 0 Å². The van der Waals surface area contributed by atoms with Crippen molar-refractivity contribution in [1.29, 1.82) is 0 Å². The molecule has 120 valence electrons. The summed E-state index contributed by atoms with van der Waals surface area (Å²) < 4.78 is 0. The maximum absolute atomic E-state index is 2.33. The third-order valence-electron chi connectivity index (χ3n) is 4.28. The molecule has 0 unspecified atom stereocenters. The summed E-state index contributed by atoms with van der Waals surface area (Å²) in [6.07, 6.45) is 1.06. The molecule has 0 spiro atoms. The van der Waals surface area contributed by atoms with Crippen molar-refractivity contribution >= 4 is 10.8 Å². The van der Waals surface area contributed by atoms with Gasteiger partial charge in [-0.2, -0.15) is 0 Å². The van der Waals surface area contributed by atoms with Crippen LogP contribution in [0.15, 0.2) is 48.5 Å². The van der Waals surface area contributed by atoms with Gasteiger partial charge < -0.3 is 0 Å². The molecule has 3 aromatic carbocycles. The van der Waals surface area contributed by atoms with Crippen molar-refractivity contribution in [3.63, 3.8) is 0 Å². The molecule has 0 aliphatic heterocycles. The molecule has 0 amide bonds. The lowest BCUT2D eigenvalue weighted by Crippen LogP contribution is -2.02. The van der Waals surface area contributed by atoms with E-state index in [4.69, 9.17) is 0 Å². The Bertz CT molecular complexity index is 810. The first kappa shape index (κ1) is 17.3. The van der Waals surface area contributed by atoms with Gasteiger partial charge in [-0.1, -0.05) is 81.8 Å². The topological polar surface area (TPSA) is 0 Å². The quantitative estimate of drug-likeness (QED) is 0.325. The van der Waals surface area contributed by atoms with Gasteiger partial charge in [0.2, 0.25) is 0 Å². The molecule has 4 rings (SSSR count). The van der Waals surface area contributed by atoms with E-state index in [0.717, 1.165) is 6.42 Å². The Kier molecular flexibility index (Phi) is 5.60. The standard InChI is InChI=1S/C19H16.2C2H6/c1-12-6-8-17-15(10-12)11-14-4-3-5-16-13(2)7-9-18(17)19(14)16;2*1-2/h3-10H,11H2,1-2H3;2*1-2H3. The fourth-order valence-electron chi connectivity index (χ4n) is 3.34. The zero-order chi connectivity index (χ0) is 17.0. The number of fused-ring (bicyclic) bond motifs is 2. The lowest BCUT2D eigenvalue weighted by atomic mass is 9.82. The molecule has 0 bridgehead atoms. The van der Waals surface area contributed by atoms with Crippen LogP contribution < -0.4 is 0 Å². The Hall–Kier alpha value is -2.08. The second-order valence-electron chi connectivity index (χ2n) is 5.61. The van der Waals surface area contributed by atoms with Gasteiger partial charge in [-0.15, -0.1) is 0 Å². The molecule has 0 heteroatoms. The minimum absolute atomic E-state index is 1.06. The van der Waals surface area contributed by atoms with Gasteiger partial charge in [0.15, 0.2) is 0 Å². The van der Waals surface area contributed by atoms with E-state index < -0.39 is 0 Å². The van der Waals surface area contributed by atoms with Crippen LogP contribution in [0.25, 0.3) is 21.9 Å². The minimum atomic E-state index is 1.06. The molecule has 0 aromatic heterocycles. The van der Waals surface area contributed by atoms with Crippen LogP contribution in [-0.2, 0) is 6.42 Å². The first-order valence-electron chi connectivity index (χ1n) is 8.85. The number of rotatable bonds is 0. The molecule has 0 atom stereocenters. The third kappa shape index (κ3) is 3.03. The van der Waals surface area contributed by atoms with Crippen LogP contribution in [0.2, 0.25) is 0 Å². The van der Waals surface area contributed by atoms with Gasteiger partial charge in [-0.05, 0) is 58.9 Å². The summed E-state index contributed by atoms with van der Waals surface area (Å²) in [5, 5.41) is 2.86. The highest BCUT2D eigenvalue weighted by Gasteiger charge is 2.18. The Balaban J connectivity index is 0.000000448. The lowest BCUT2D eigenvalue weighted by molar-refractivity contribution is 1.18. The highest BCUT2D eigenvalue weighted by molar-refractivity contribution is 6.03. The Morgan fingerprint density at radius 1 is 0.696 bits per heavy atom. The Morgan fingerprint density at radius 3 is 2.13 bits per heavy atom. The highest BCUT2D eigenvalue weighted by atomic mass is 14.2. The molecule has 0 saturated heterocycles. The summed E-state index contributed by atoms with van der Waals surface area (Å²) in [5.74, 6) is 0. The maximum atomic E-state index is 2.33. The predicted molar refractivity (Wildman–Crippen MR) is 104 cm³/mol. The molecule has 0 radical (unpaired) electrons. The summed E-state index contributed by atoms with van der Waals surface area (Å²) in [6, 6.07) is 18.1. The molecular weight excluding hydrogens is 276 g/mol. The molecule has 0 nitrogen and oxygen atoms in total. The summed E-state index contributed by atoms with van der Waals surface area (Å²) >= 11 is 0. The lowest BCUT2D eigenvalue weighted by Gasteiger charge is -2.22. The van der Waals surface area contributed by atoms with Gasteiger partial charge in [0, 0.05) is 0 Å². The van der Waals surface area contributed by atoms with Crippen molar-refractivity contribution < 1.29 is 0 Å². The van der Waals surface area contributed by atoms with E-state index in [9.17, 15) is 0 Å². The van der Waals surface area contributed by atoms with Crippen LogP contribution in [0, 0.1) is 13.8 Å². The maximum Gasteiger partial charge on any atom is -0.00131 e. The van der Waals surface area contributed by atoms with Crippen LogP contribution in [0.1, 0.15) is 49.9 Å². The van der Waals surface area contributed by atoms with Crippen molar-refractivity contribution in [3.8, 4) is 11.1 Å². The van der Waals surface area contributed by atoms with Crippen molar-refractivity contribution in [1.82, 2.24) is 0 Å². The first-order valence-corrected chi connectivity index (χ1v) is 8.85. The molecule has 0 N–H and O–H groups in total. The number of hydrogen-bond acceptors (Lipinski definition) is 0. The average molecular weight is 304 g/mol. The van der Waals surface area contributed by atoms with Crippen molar-refractivity contribution in [2.24, 2.45) is 0 Å². The molecule has 0 heterocycles. The van der Waals surface area contributed by atoms with Gasteiger partial charge in [-0.3, -0.25) is 0 Å². The summed E-state index contributed by atoms with van der Waals surface area (Å²) in [5.41, 5.74) is 8.46. The fraction of sp³-hybridized carbons (Fsp3) is 0.304. The van der Waals surface area contributed by atoms with Crippen molar-refractivity contribution in [3.05, 3.63) is 70.8 Å². The van der Waals surface area contributed by atoms with E-state index in [1.807, 2.05) is 27.7 Å². The third-order valence-corrected chi connectivity index (χ3v) is 4.28. The average Bonchev–Trinajstić information content (AvgIpc) is 2.60. The molecule has 3 aromatic rings. The van der Waals surface area contributed by atoms with E-state index in [1.54, 1.807) is 0 Å². The molecule has 23 heavy (non-hydrogen) atoms. The fourth-order valence-corrected chi connectivity index (χ4v) is 3.34. The first-order chi connectivity index (χ1) is 11.2. The molecule has 0 saturated carbocycles. The van der Waals surface area contributed by atoms with Crippen LogP contribution in [-0.4, -0.2) is 0 Å². The van der Waals surface area contributed by atoms with Crippen LogP contribution in [0.5, 0.6) is 0 Å². The Morgan fingerprint density at radius 2 is 1.39 bits per heavy atom. The van der Waals surface area contributed by atoms with E-state index in [1.165, 1.54) is 44.2 Å². The van der Waals surface area contributed by atoms with E-state index in [-0.39, 0.29) is 0 Å². The van der Waals surface area contributed by atoms with Crippen molar-refractivity contribution in [2.45, 2.75) is 48.0 Å². The number of benzene rings is 3.